The Bertz CT molecular complexity index is 735. The van der Waals surface area contributed by atoms with Gasteiger partial charge in [-0.2, -0.15) is 4.37 Å². The molecule has 1 atom stereocenters. The summed E-state index contributed by atoms with van der Waals surface area (Å²) < 4.78 is 9.30. The van der Waals surface area contributed by atoms with Crippen LogP contribution >= 0.6 is 23.1 Å². The molecule has 2 N–H and O–H groups in total. The van der Waals surface area contributed by atoms with E-state index in [9.17, 15) is 9.59 Å². The summed E-state index contributed by atoms with van der Waals surface area (Å²) in [7, 11) is 1.68. The van der Waals surface area contributed by atoms with Gasteiger partial charge in [0.2, 0.25) is 0 Å². The second-order valence-electron chi connectivity index (χ2n) is 4.60. The van der Waals surface area contributed by atoms with E-state index in [2.05, 4.69) is 20.0 Å². The third kappa shape index (κ3) is 3.96. The largest absolute Gasteiger partial charge is 0.449 e. The fourth-order valence-corrected chi connectivity index (χ4v) is 2.67. The number of halogens is 1. The van der Waals surface area contributed by atoms with Crippen molar-refractivity contribution in [1.29, 1.82) is 0 Å². The van der Waals surface area contributed by atoms with Crippen LogP contribution in [0, 0.1) is 6.92 Å². The molecule has 0 bridgehead atoms. The Hall–Kier alpha value is -2.19. The third-order valence-electron chi connectivity index (χ3n) is 2.96. The smallest absolute Gasteiger partial charge is 0.343 e. The van der Waals surface area contributed by atoms with E-state index in [1.807, 2.05) is 0 Å². The molecule has 2 aromatic rings. The van der Waals surface area contributed by atoms with Crippen LogP contribution in [0.15, 0.2) is 18.3 Å². The lowest BCUT2D eigenvalue weighted by Gasteiger charge is -2.14. The number of nitrogens with zero attached hydrogens (tertiary/aromatic N) is 2. The van der Waals surface area contributed by atoms with Crippen molar-refractivity contribution in [3.63, 3.8) is 0 Å². The maximum atomic E-state index is 12.2. The van der Waals surface area contributed by atoms with E-state index >= 15 is 0 Å². The summed E-state index contributed by atoms with van der Waals surface area (Å²) in [4.78, 5) is 28.2. The van der Waals surface area contributed by atoms with Crippen molar-refractivity contribution >= 4 is 45.7 Å². The zero-order valence-electron chi connectivity index (χ0n) is 12.7. The number of hydrogen-bond donors (Lipinski definition) is 2. The number of nitrogens with one attached hydrogen (secondary N) is 2. The van der Waals surface area contributed by atoms with Crippen LogP contribution in [0.3, 0.4) is 0 Å². The molecule has 0 aliphatic heterocycles. The molecule has 0 saturated heterocycles. The van der Waals surface area contributed by atoms with Crippen molar-refractivity contribution in [3.05, 3.63) is 34.7 Å². The first-order valence-electron chi connectivity index (χ1n) is 6.70. The molecule has 1 amide bonds. The van der Waals surface area contributed by atoms with Gasteiger partial charge in [0, 0.05) is 13.2 Å². The van der Waals surface area contributed by atoms with Crippen LogP contribution in [-0.4, -0.2) is 34.4 Å². The molecule has 0 fully saturated rings. The maximum absolute atomic E-state index is 12.2. The quantitative estimate of drug-likeness (QED) is 0.633. The number of carbonyl (C=O) groups is 2. The van der Waals surface area contributed by atoms with Crippen LogP contribution in [-0.2, 0) is 9.53 Å². The summed E-state index contributed by atoms with van der Waals surface area (Å²) in [6.45, 7) is 3.18. The van der Waals surface area contributed by atoms with Gasteiger partial charge in [0.15, 0.2) is 11.3 Å². The van der Waals surface area contributed by atoms with Gasteiger partial charge >= 0.3 is 5.97 Å². The molecule has 2 heterocycles. The molecular weight excluding hydrogens is 340 g/mol. The lowest BCUT2D eigenvalue weighted by molar-refractivity contribution is -0.123. The Kier molecular flexibility index (Phi) is 5.51. The molecule has 2 aromatic heterocycles. The zero-order valence-corrected chi connectivity index (χ0v) is 14.3. The topological polar surface area (TPSA) is 93.2 Å². The molecular formula is C14H15ClN4O3S. The molecule has 1 unspecified atom stereocenters. The molecule has 9 heteroatoms. The van der Waals surface area contributed by atoms with Crippen LogP contribution in [0.25, 0.3) is 0 Å². The summed E-state index contributed by atoms with van der Waals surface area (Å²) in [5.74, 6) is -1.11. The zero-order chi connectivity index (χ0) is 17.0. The van der Waals surface area contributed by atoms with E-state index < -0.39 is 18.0 Å². The van der Waals surface area contributed by atoms with Gasteiger partial charge in [0.25, 0.3) is 5.91 Å². The third-order valence-corrected chi connectivity index (χ3v) is 4.22. The van der Waals surface area contributed by atoms with Crippen LogP contribution < -0.4 is 10.6 Å². The van der Waals surface area contributed by atoms with Gasteiger partial charge in [-0.1, -0.05) is 11.6 Å². The summed E-state index contributed by atoms with van der Waals surface area (Å²) in [5, 5.41) is 6.20. The number of aryl methyl sites for hydroxylation is 1. The second-order valence-corrected chi connectivity index (χ2v) is 5.73. The van der Waals surface area contributed by atoms with Gasteiger partial charge in [0.1, 0.15) is 10.6 Å². The maximum Gasteiger partial charge on any atom is 0.343 e. The Morgan fingerprint density at radius 3 is 2.83 bits per heavy atom. The van der Waals surface area contributed by atoms with Gasteiger partial charge < -0.3 is 15.4 Å². The number of aromatic nitrogens is 2. The summed E-state index contributed by atoms with van der Waals surface area (Å²) in [6.07, 6.45) is 0.510. The average Bonchev–Trinajstić information content (AvgIpc) is 2.90. The minimum Gasteiger partial charge on any atom is -0.449 e. The van der Waals surface area contributed by atoms with Crippen molar-refractivity contribution in [3.8, 4) is 0 Å². The average molecular weight is 355 g/mol. The number of rotatable bonds is 5. The number of ether oxygens (including phenoxy) is 1. The van der Waals surface area contributed by atoms with Crippen LogP contribution in [0.1, 0.15) is 23.0 Å². The first-order valence-corrected chi connectivity index (χ1v) is 7.85. The van der Waals surface area contributed by atoms with Gasteiger partial charge in [-0.05, 0) is 37.5 Å². The highest BCUT2D eigenvalue weighted by Gasteiger charge is 2.24. The van der Waals surface area contributed by atoms with Crippen LogP contribution in [0.2, 0.25) is 5.15 Å². The van der Waals surface area contributed by atoms with Gasteiger partial charge in [0.05, 0.1) is 11.4 Å². The van der Waals surface area contributed by atoms with E-state index in [0.717, 1.165) is 11.5 Å². The Balaban J connectivity index is 2.05. The van der Waals surface area contributed by atoms with Crippen LogP contribution in [0.4, 0.5) is 10.7 Å². The van der Waals surface area contributed by atoms with Crippen molar-refractivity contribution in [2.45, 2.75) is 20.0 Å². The first kappa shape index (κ1) is 17.2. The van der Waals surface area contributed by atoms with Crippen molar-refractivity contribution < 1.29 is 14.3 Å². The molecule has 0 radical (unpaired) electrons. The molecule has 0 aromatic carbocycles. The lowest BCUT2D eigenvalue weighted by Crippen LogP contribution is -2.30. The summed E-state index contributed by atoms with van der Waals surface area (Å²) >= 11 is 7.03. The highest BCUT2D eigenvalue weighted by molar-refractivity contribution is 7.10. The molecule has 23 heavy (non-hydrogen) atoms. The predicted molar refractivity (Wildman–Crippen MR) is 89.2 cm³/mol. The first-order chi connectivity index (χ1) is 10.9. The standard InChI is InChI=1S/C14H15ClN4O3S/c1-7-10(13(16-3)23-19-7)14(21)22-8(2)12(20)18-9-5-4-6-17-11(9)15/h4-6,8,16H,1-3H3,(H,18,20). The number of esters is 1. The molecule has 7 nitrogen and oxygen atoms in total. The highest BCUT2D eigenvalue weighted by Crippen LogP contribution is 2.25. The molecule has 0 saturated carbocycles. The lowest BCUT2D eigenvalue weighted by atomic mass is 10.2. The molecule has 0 spiro atoms. The monoisotopic (exact) mass is 354 g/mol. The van der Waals surface area contributed by atoms with Gasteiger partial charge in [-0.25, -0.2) is 9.78 Å². The Morgan fingerprint density at radius 2 is 2.17 bits per heavy atom. The minimum atomic E-state index is -0.997. The summed E-state index contributed by atoms with van der Waals surface area (Å²) in [6, 6.07) is 3.24. The van der Waals surface area contributed by atoms with E-state index in [0.29, 0.717) is 21.9 Å². The van der Waals surface area contributed by atoms with Crippen molar-refractivity contribution in [1.82, 2.24) is 9.36 Å². The van der Waals surface area contributed by atoms with E-state index in [4.69, 9.17) is 16.3 Å². The summed E-state index contributed by atoms with van der Waals surface area (Å²) in [5.41, 5.74) is 1.23. The highest BCUT2D eigenvalue weighted by atomic mass is 35.5. The van der Waals surface area contributed by atoms with E-state index in [-0.39, 0.29) is 5.15 Å². The molecule has 122 valence electrons. The molecule has 0 aliphatic carbocycles. The molecule has 2 rings (SSSR count). The number of anilines is 2. The Labute approximate surface area is 142 Å². The second kappa shape index (κ2) is 7.38. The van der Waals surface area contributed by atoms with E-state index in [1.165, 1.54) is 13.1 Å². The number of carbonyl (C=O) groups excluding carboxylic acids is 2. The number of hydrogen-bond acceptors (Lipinski definition) is 7. The van der Waals surface area contributed by atoms with E-state index in [1.54, 1.807) is 26.1 Å². The number of amides is 1. The SMILES string of the molecule is CNc1snc(C)c1C(=O)OC(C)C(=O)Nc1cccnc1Cl. The Morgan fingerprint density at radius 1 is 1.43 bits per heavy atom. The predicted octanol–water partition coefficient (Wildman–Crippen LogP) is 2.73. The van der Waals surface area contributed by atoms with Crippen LogP contribution in [0.5, 0.6) is 0 Å². The number of pyridine rings is 1. The fraction of sp³-hybridized carbons (Fsp3) is 0.286. The van der Waals surface area contributed by atoms with Gasteiger partial charge in [-0.15, -0.1) is 0 Å². The molecule has 0 aliphatic rings. The van der Waals surface area contributed by atoms with Crippen molar-refractivity contribution in [2.75, 3.05) is 17.7 Å². The fourth-order valence-electron chi connectivity index (χ4n) is 1.77. The van der Waals surface area contributed by atoms with Crippen molar-refractivity contribution in [2.24, 2.45) is 0 Å². The minimum absolute atomic E-state index is 0.162. The normalized spacial score (nSPS) is 11.7. The van der Waals surface area contributed by atoms with Gasteiger partial charge in [-0.3, -0.25) is 4.79 Å².